The third-order valence-corrected chi connectivity index (χ3v) is 6.06. The summed E-state index contributed by atoms with van der Waals surface area (Å²) in [5.41, 5.74) is 2.60. The SMILES string of the molecule is O=C(NC(CCCCNC1CC1c1ccccc1)C(=O)NCc1cnccn1)c1ccccc1. The van der Waals surface area contributed by atoms with Crippen molar-refractivity contribution >= 4 is 11.8 Å². The Bertz CT molecular complexity index is 1050. The summed E-state index contributed by atoms with van der Waals surface area (Å²) in [6, 6.07) is 19.5. The largest absolute Gasteiger partial charge is 0.349 e. The molecule has 0 saturated heterocycles. The zero-order chi connectivity index (χ0) is 23.6. The third kappa shape index (κ3) is 6.96. The van der Waals surface area contributed by atoms with Crippen LogP contribution >= 0.6 is 0 Å². The van der Waals surface area contributed by atoms with Crippen molar-refractivity contribution in [2.45, 2.75) is 50.2 Å². The Morgan fingerprint density at radius 2 is 1.74 bits per heavy atom. The number of rotatable bonds is 12. The number of nitrogens with one attached hydrogen (secondary N) is 3. The molecule has 3 aromatic rings. The number of nitrogens with zero attached hydrogens (tertiary/aromatic N) is 2. The van der Waals surface area contributed by atoms with Crippen LogP contribution in [0.1, 0.15) is 53.2 Å². The standard InChI is InChI=1S/C27H31N5O2/c33-26(21-11-5-2-6-12-21)32-24(27(34)31-19-22-18-28-15-16-29-22)13-7-8-14-30-25-17-23(25)20-9-3-1-4-10-20/h1-6,9-12,15-16,18,23-25,30H,7-8,13-14,17,19H2,(H,31,34)(H,32,33). The quantitative estimate of drug-likeness (QED) is 0.363. The minimum absolute atomic E-state index is 0.214. The molecule has 3 atom stereocenters. The normalized spacial score (nSPS) is 17.5. The van der Waals surface area contributed by atoms with Crippen LogP contribution < -0.4 is 16.0 Å². The summed E-state index contributed by atoms with van der Waals surface area (Å²) in [6.45, 7) is 1.17. The lowest BCUT2D eigenvalue weighted by Gasteiger charge is -2.18. The van der Waals surface area contributed by atoms with Crippen LogP contribution in [-0.4, -0.2) is 40.4 Å². The molecule has 7 nitrogen and oxygen atoms in total. The maximum atomic E-state index is 12.9. The number of carbonyl (C=O) groups is 2. The first kappa shape index (κ1) is 23.6. The van der Waals surface area contributed by atoms with Crippen molar-refractivity contribution < 1.29 is 9.59 Å². The number of hydrogen-bond acceptors (Lipinski definition) is 5. The molecule has 2 aromatic carbocycles. The fraction of sp³-hybridized carbons (Fsp3) is 0.333. The summed E-state index contributed by atoms with van der Waals surface area (Å²) >= 11 is 0. The van der Waals surface area contributed by atoms with E-state index >= 15 is 0 Å². The Morgan fingerprint density at radius 3 is 2.47 bits per heavy atom. The molecule has 1 heterocycles. The molecule has 1 aliphatic rings. The topological polar surface area (TPSA) is 96.0 Å². The van der Waals surface area contributed by atoms with Gasteiger partial charge in [-0.25, -0.2) is 0 Å². The van der Waals surface area contributed by atoms with Crippen molar-refractivity contribution in [2.75, 3.05) is 6.54 Å². The van der Waals surface area contributed by atoms with Gasteiger partial charge in [-0.15, -0.1) is 0 Å². The lowest BCUT2D eigenvalue weighted by Crippen LogP contribution is -2.46. The molecule has 0 radical (unpaired) electrons. The van der Waals surface area contributed by atoms with E-state index in [1.54, 1.807) is 30.7 Å². The van der Waals surface area contributed by atoms with Crippen molar-refractivity contribution in [2.24, 2.45) is 0 Å². The second-order valence-corrected chi connectivity index (χ2v) is 8.62. The van der Waals surface area contributed by atoms with Gasteiger partial charge in [-0.05, 0) is 49.9 Å². The van der Waals surface area contributed by atoms with Gasteiger partial charge >= 0.3 is 0 Å². The number of hydrogen-bond donors (Lipinski definition) is 3. The number of aromatic nitrogens is 2. The lowest BCUT2D eigenvalue weighted by atomic mass is 10.1. The van der Waals surface area contributed by atoms with E-state index < -0.39 is 6.04 Å². The van der Waals surface area contributed by atoms with Gasteiger partial charge < -0.3 is 16.0 Å². The van der Waals surface area contributed by atoms with E-state index in [0.29, 0.717) is 29.6 Å². The van der Waals surface area contributed by atoms with Crippen LogP contribution in [0.3, 0.4) is 0 Å². The van der Waals surface area contributed by atoms with Crippen molar-refractivity contribution in [3.63, 3.8) is 0 Å². The van der Waals surface area contributed by atoms with Gasteiger partial charge in [0, 0.05) is 29.9 Å². The number of benzene rings is 2. The van der Waals surface area contributed by atoms with E-state index in [-0.39, 0.29) is 18.4 Å². The van der Waals surface area contributed by atoms with Crippen molar-refractivity contribution in [1.82, 2.24) is 25.9 Å². The van der Waals surface area contributed by atoms with E-state index in [2.05, 4.69) is 50.2 Å². The second kappa shape index (κ2) is 12.0. The van der Waals surface area contributed by atoms with Crippen molar-refractivity contribution in [3.05, 3.63) is 96.1 Å². The highest BCUT2D eigenvalue weighted by Crippen LogP contribution is 2.40. The summed E-state index contributed by atoms with van der Waals surface area (Å²) in [4.78, 5) is 33.7. The molecule has 3 unspecified atom stereocenters. The first-order valence-electron chi connectivity index (χ1n) is 11.9. The maximum absolute atomic E-state index is 12.9. The zero-order valence-corrected chi connectivity index (χ0v) is 19.2. The van der Waals surface area contributed by atoms with Gasteiger partial charge in [-0.2, -0.15) is 0 Å². The maximum Gasteiger partial charge on any atom is 0.251 e. The summed E-state index contributed by atoms with van der Waals surface area (Å²) in [7, 11) is 0. The molecular formula is C27H31N5O2. The Labute approximate surface area is 200 Å². The first-order chi connectivity index (χ1) is 16.7. The fourth-order valence-corrected chi connectivity index (χ4v) is 4.07. The minimum Gasteiger partial charge on any atom is -0.349 e. The van der Waals surface area contributed by atoms with Crippen LogP contribution in [0.5, 0.6) is 0 Å². The molecule has 0 aliphatic heterocycles. The number of amides is 2. The second-order valence-electron chi connectivity index (χ2n) is 8.62. The monoisotopic (exact) mass is 457 g/mol. The average Bonchev–Trinajstić information content (AvgIpc) is 3.67. The van der Waals surface area contributed by atoms with Crippen LogP contribution in [0.15, 0.2) is 79.3 Å². The van der Waals surface area contributed by atoms with Crippen LogP contribution in [0.25, 0.3) is 0 Å². The van der Waals surface area contributed by atoms with Gasteiger partial charge in [0.25, 0.3) is 5.91 Å². The van der Waals surface area contributed by atoms with E-state index in [9.17, 15) is 9.59 Å². The predicted octanol–water partition coefficient (Wildman–Crippen LogP) is 3.21. The van der Waals surface area contributed by atoms with Crippen molar-refractivity contribution in [3.8, 4) is 0 Å². The third-order valence-electron chi connectivity index (χ3n) is 6.06. The van der Waals surface area contributed by atoms with E-state index in [1.807, 2.05) is 24.3 Å². The summed E-state index contributed by atoms with van der Waals surface area (Å²) in [5, 5.41) is 9.40. The molecule has 1 saturated carbocycles. The van der Waals surface area contributed by atoms with Crippen LogP contribution in [0.2, 0.25) is 0 Å². The van der Waals surface area contributed by atoms with Crippen LogP contribution in [0.4, 0.5) is 0 Å². The van der Waals surface area contributed by atoms with Gasteiger partial charge in [0.1, 0.15) is 6.04 Å². The lowest BCUT2D eigenvalue weighted by molar-refractivity contribution is -0.123. The van der Waals surface area contributed by atoms with E-state index in [0.717, 1.165) is 19.4 Å². The smallest absolute Gasteiger partial charge is 0.251 e. The van der Waals surface area contributed by atoms with E-state index in [4.69, 9.17) is 0 Å². The average molecular weight is 458 g/mol. The molecule has 0 spiro atoms. The molecule has 3 N–H and O–H groups in total. The summed E-state index contributed by atoms with van der Waals surface area (Å²) in [6.07, 6.45) is 8.30. The van der Waals surface area contributed by atoms with Gasteiger partial charge in [0.2, 0.25) is 5.91 Å². The molecule has 1 aliphatic carbocycles. The molecular weight excluding hydrogens is 426 g/mol. The molecule has 4 rings (SSSR count). The molecule has 1 fully saturated rings. The van der Waals surface area contributed by atoms with Gasteiger partial charge in [0.15, 0.2) is 0 Å². The molecule has 7 heteroatoms. The molecule has 34 heavy (non-hydrogen) atoms. The fourth-order valence-electron chi connectivity index (χ4n) is 4.07. The Morgan fingerprint density at radius 1 is 0.971 bits per heavy atom. The highest BCUT2D eigenvalue weighted by atomic mass is 16.2. The highest BCUT2D eigenvalue weighted by Gasteiger charge is 2.37. The Balaban J connectivity index is 1.24. The first-order valence-corrected chi connectivity index (χ1v) is 11.9. The van der Waals surface area contributed by atoms with Crippen LogP contribution in [0, 0.1) is 0 Å². The molecule has 2 amide bonds. The Kier molecular flexibility index (Phi) is 8.35. The zero-order valence-electron chi connectivity index (χ0n) is 19.2. The molecule has 0 bridgehead atoms. The molecule has 176 valence electrons. The van der Waals surface area contributed by atoms with Gasteiger partial charge in [0.05, 0.1) is 18.4 Å². The predicted molar refractivity (Wildman–Crippen MR) is 131 cm³/mol. The van der Waals surface area contributed by atoms with Gasteiger partial charge in [-0.1, -0.05) is 48.5 Å². The number of carbonyl (C=O) groups excluding carboxylic acids is 2. The summed E-state index contributed by atoms with van der Waals surface area (Å²) < 4.78 is 0. The van der Waals surface area contributed by atoms with Gasteiger partial charge in [-0.3, -0.25) is 19.6 Å². The van der Waals surface area contributed by atoms with E-state index in [1.165, 1.54) is 12.0 Å². The van der Waals surface area contributed by atoms with Crippen LogP contribution in [-0.2, 0) is 11.3 Å². The van der Waals surface area contributed by atoms with Crippen molar-refractivity contribution in [1.29, 1.82) is 0 Å². The number of unbranched alkanes of at least 4 members (excludes halogenated alkanes) is 1. The highest BCUT2D eigenvalue weighted by molar-refractivity contribution is 5.97. The minimum atomic E-state index is -0.609. The Hall–Kier alpha value is -3.58. The molecule has 1 aromatic heterocycles. The summed E-state index contributed by atoms with van der Waals surface area (Å²) in [5.74, 6) is 0.141.